The molecule has 7 heteroatoms. The van der Waals surface area contributed by atoms with E-state index in [-0.39, 0.29) is 23.3 Å². The van der Waals surface area contributed by atoms with E-state index in [1.54, 1.807) is 0 Å². The van der Waals surface area contributed by atoms with Crippen LogP contribution >= 0.6 is 0 Å². The number of nitrogen functional groups attached to an aromatic ring is 1. The molecule has 1 aliphatic heterocycles. The Kier molecular flexibility index (Phi) is 3.91. The van der Waals surface area contributed by atoms with Crippen LogP contribution in [0, 0.1) is 5.92 Å². The molecule has 2 aliphatic rings. The number of nitrogens with two attached hydrogens (primary N) is 1. The van der Waals surface area contributed by atoms with E-state index >= 15 is 0 Å². The molecule has 7 nitrogen and oxygen atoms in total. The summed E-state index contributed by atoms with van der Waals surface area (Å²) >= 11 is 0. The molecule has 4 rings (SSSR count). The second-order valence-electron chi connectivity index (χ2n) is 6.66. The van der Waals surface area contributed by atoms with Crippen molar-refractivity contribution in [2.45, 2.75) is 12.3 Å². The summed E-state index contributed by atoms with van der Waals surface area (Å²) in [5, 5.41) is 0. The number of nitrogens with one attached hydrogen (secondary N) is 1. The van der Waals surface area contributed by atoms with E-state index in [0.717, 1.165) is 6.42 Å². The lowest BCUT2D eigenvalue weighted by Gasteiger charge is -2.35. The molecule has 2 aromatic rings. The number of aromatic amines is 1. The highest BCUT2D eigenvalue weighted by molar-refractivity contribution is 5.83. The van der Waals surface area contributed by atoms with E-state index in [1.165, 1.54) is 11.6 Å². The third-order valence-electron chi connectivity index (χ3n) is 5.00. The van der Waals surface area contributed by atoms with Crippen molar-refractivity contribution in [2.75, 3.05) is 36.8 Å². The Morgan fingerprint density at radius 2 is 1.88 bits per heavy atom. The number of hydrogen-bond donors (Lipinski definition) is 2. The monoisotopic (exact) mass is 339 g/mol. The van der Waals surface area contributed by atoms with Crippen molar-refractivity contribution >= 4 is 17.7 Å². The summed E-state index contributed by atoms with van der Waals surface area (Å²) in [6.07, 6.45) is 0.940. The molecule has 1 amide bonds. The van der Waals surface area contributed by atoms with Gasteiger partial charge in [-0.25, -0.2) is 0 Å². The van der Waals surface area contributed by atoms with Crippen LogP contribution in [0.15, 0.2) is 41.2 Å². The molecule has 1 saturated heterocycles. The Balaban J connectivity index is 1.36. The first-order chi connectivity index (χ1) is 12.1. The third-order valence-corrected chi connectivity index (χ3v) is 5.00. The Labute approximate surface area is 145 Å². The smallest absolute Gasteiger partial charge is 0.254 e. The number of nitrogens with zero attached hydrogens (tertiary/aromatic N) is 3. The van der Waals surface area contributed by atoms with E-state index in [0.29, 0.717) is 37.9 Å². The molecular formula is C18H21N5O2. The topological polar surface area (TPSA) is 95.3 Å². The number of hydrogen-bond acceptors (Lipinski definition) is 5. The summed E-state index contributed by atoms with van der Waals surface area (Å²) in [4.78, 5) is 34.8. The van der Waals surface area contributed by atoms with Gasteiger partial charge in [0.05, 0.1) is 0 Å². The summed E-state index contributed by atoms with van der Waals surface area (Å²) in [6, 6.07) is 11.7. The number of rotatable bonds is 3. The van der Waals surface area contributed by atoms with Crippen molar-refractivity contribution in [1.29, 1.82) is 0 Å². The first-order valence-corrected chi connectivity index (χ1v) is 8.57. The van der Waals surface area contributed by atoms with Gasteiger partial charge in [-0.1, -0.05) is 30.3 Å². The van der Waals surface area contributed by atoms with Crippen molar-refractivity contribution in [1.82, 2.24) is 14.9 Å². The van der Waals surface area contributed by atoms with Crippen LogP contribution in [0.5, 0.6) is 0 Å². The van der Waals surface area contributed by atoms with Crippen LogP contribution in [0.3, 0.4) is 0 Å². The van der Waals surface area contributed by atoms with Gasteiger partial charge in [-0.2, -0.15) is 4.98 Å². The van der Waals surface area contributed by atoms with Crippen LogP contribution in [0.25, 0.3) is 0 Å². The van der Waals surface area contributed by atoms with Gasteiger partial charge in [0.1, 0.15) is 5.82 Å². The highest BCUT2D eigenvalue weighted by Crippen LogP contribution is 2.48. The van der Waals surface area contributed by atoms with E-state index in [1.807, 2.05) is 28.0 Å². The largest absolute Gasteiger partial charge is 0.369 e. The van der Waals surface area contributed by atoms with Crippen molar-refractivity contribution in [3.8, 4) is 0 Å². The molecule has 1 saturated carbocycles. The Morgan fingerprint density at radius 3 is 2.56 bits per heavy atom. The molecule has 1 aromatic carbocycles. The maximum atomic E-state index is 12.7. The van der Waals surface area contributed by atoms with E-state index < -0.39 is 0 Å². The molecular weight excluding hydrogens is 318 g/mol. The van der Waals surface area contributed by atoms with Crippen molar-refractivity contribution in [3.05, 3.63) is 52.3 Å². The number of piperazine rings is 1. The normalized spacial score (nSPS) is 22.7. The molecule has 0 unspecified atom stereocenters. The van der Waals surface area contributed by atoms with Gasteiger partial charge in [-0.15, -0.1) is 0 Å². The lowest BCUT2D eigenvalue weighted by molar-refractivity contribution is -0.133. The summed E-state index contributed by atoms with van der Waals surface area (Å²) in [6.45, 7) is 2.60. The predicted octanol–water partition coefficient (Wildman–Crippen LogP) is 0.804. The summed E-state index contributed by atoms with van der Waals surface area (Å²) in [5.41, 5.74) is 6.60. The number of benzene rings is 1. The van der Waals surface area contributed by atoms with Crippen molar-refractivity contribution in [3.63, 3.8) is 0 Å². The minimum Gasteiger partial charge on any atom is -0.369 e. The molecule has 0 bridgehead atoms. The molecule has 2 atom stereocenters. The Bertz CT molecular complexity index is 827. The zero-order valence-electron chi connectivity index (χ0n) is 13.9. The maximum absolute atomic E-state index is 12.7. The van der Waals surface area contributed by atoms with Crippen LogP contribution in [0.2, 0.25) is 0 Å². The quantitative estimate of drug-likeness (QED) is 0.863. The van der Waals surface area contributed by atoms with Crippen molar-refractivity contribution in [2.24, 2.45) is 5.92 Å². The van der Waals surface area contributed by atoms with Crippen molar-refractivity contribution < 1.29 is 4.79 Å². The lowest BCUT2D eigenvalue weighted by Crippen LogP contribution is -2.49. The zero-order chi connectivity index (χ0) is 17.4. The zero-order valence-corrected chi connectivity index (χ0v) is 13.9. The highest BCUT2D eigenvalue weighted by atomic mass is 16.2. The maximum Gasteiger partial charge on any atom is 0.254 e. The number of aromatic nitrogens is 2. The second kappa shape index (κ2) is 6.23. The molecule has 3 N–H and O–H groups in total. The molecule has 2 fully saturated rings. The van der Waals surface area contributed by atoms with E-state index in [4.69, 9.17) is 5.73 Å². The van der Waals surface area contributed by atoms with Crippen LogP contribution in [0.1, 0.15) is 17.9 Å². The fraction of sp³-hybridized carbons (Fsp3) is 0.389. The van der Waals surface area contributed by atoms with Gasteiger partial charge in [0.25, 0.3) is 5.56 Å². The molecule has 130 valence electrons. The molecule has 1 aromatic heterocycles. The molecule has 1 aliphatic carbocycles. The van der Waals surface area contributed by atoms with Crippen LogP contribution in [0.4, 0.5) is 11.8 Å². The standard InChI is InChI=1S/C18H21N5O2/c19-18-20-15(11-16(24)21-18)22-6-8-23(9-7-22)17(25)14-10-13(14)12-4-2-1-3-5-12/h1-5,11,13-14H,6-10H2,(H3,19,20,21,24)/t13-,14+/m0/s1. The van der Waals surface area contributed by atoms with Gasteiger partial charge in [-0.3, -0.25) is 14.6 Å². The summed E-state index contributed by atoms with van der Waals surface area (Å²) in [7, 11) is 0. The number of carbonyl (C=O) groups excluding carboxylic acids is 1. The minimum absolute atomic E-state index is 0.113. The molecule has 2 heterocycles. The fourth-order valence-electron chi connectivity index (χ4n) is 3.55. The molecule has 0 radical (unpaired) electrons. The second-order valence-corrected chi connectivity index (χ2v) is 6.66. The highest BCUT2D eigenvalue weighted by Gasteiger charge is 2.46. The van der Waals surface area contributed by atoms with E-state index in [2.05, 4.69) is 22.1 Å². The first kappa shape index (κ1) is 15.7. The first-order valence-electron chi connectivity index (χ1n) is 8.57. The Morgan fingerprint density at radius 1 is 1.16 bits per heavy atom. The third kappa shape index (κ3) is 3.22. The Hall–Kier alpha value is -2.83. The van der Waals surface area contributed by atoms with Gasteiger partial charge >= 0.3 is 0 Å². The number of amides is 1. The van der Waals surface area contributed by atoms with Crippen LogP contribution in [-0.4, -0.2) is 47.0 Å². The molecule has 0 spiro atoms. The lowest BCUT2D eigenvalue weighted by atomic mass is 10.1. The SMILES string of the molecule is Nc1nc(N2CCN(C(=O)[C@@H]3C[C@H]3c3ccccc3)CC2)cc(=O)[nH]1. The van der Waals surface area contributed by atoms with Gasteiger partial charge < -0.3 is 15.5 Å². The average Bonchev–Trinajstić information content (AvgIpc) is 3.42. The van der Waals surface area contributed by atoms with Gasteiger partial charge in [-0.05, 0) is 17.9 Å². The summed E-state index contributed by atoms with van der Waals surface area (Å²) in [5.74, 6) is 1.40. The number of H-pyrrole nitrogens is 1. The number of carbonyl (C=O) groups is 1. The summed E-state index contributed by atoms with van der Waals surface area (Å²) < 4.78 is 0. The van der Waals surface area contributed by atoms with Gasteiger partial charge in [0, 0.05) is 38.2 Å². The minimum atomic E-state index is -0.260. The number of anilines is 2. The van der Waals surface area contributed by atoms with Gasteiger partial charge in [0.2, 0.25) is 11.9 Å². The van der Waals surface area contributed by atoms with E-state index in [9.17, 15) is 9.59 Å². The van der Waals surface area contributed by atoms with Gasteiger partial charge in [0.15, 0.2) is 0 Å². The van der Waals surface area contributed by atoms with Crippen LogP contribution in [-0.2, 0) is 4.79 Å². The van der Waals surface area contributed by atoms with Crippen LogP contribution < -0.4 is 16.2 Å². The molecule has 25 heavy (non-hydrogen) atoms. The predicted molar refractivity (Wildman–Crippen MR) is 95.4 cm³/mol. The average molecular weight is 339 g/mol. The fourth-order valence-corrected chi connectivity index (χ4v) is 3.55.